The van der Waals surface area contributed by atoms with Crippen molar-refractivity contribution in [1.29, 1.82) is 0 Å². The molecule has 0 saturated heterocycles. The van der Waals surface area contributed by atoms with Crippen molar-refractivity contribution in [3.63, 3.8) is 0 Å². The molecule has 0 saturated carbocycles. The van der Waals surface area contributed by atoms with Crippen LogP contribution in [0, 0.1) is 0 Å². The molecule has 1 aliphatic rings. The van der Waals surface area contributed by atoms with Crippen LogP contribution in [0.25, 0.3) is 0 Å². The largest absolute Gasteiger partial charge is 0.463 e. The minimum atomic E-state index is -0.588. The molecule has 0 amide bonds. The van der Waals surface area contributed by atoms with E-state index in [0.29, 0.717) is 27.8 Å². The number of fused-ring (bicyclic) bond motifs is 1. The number of hydrogen-bond acceptors (Lipinski definition) is 7. The minimum Gasteiger partial charge on any atom is -0.463 e. The molecule has 0 aliphatic carbocycles. The van der Waals surface area contributed by atoms with Gasteiger partial charge < -0.3 is 15.0 Å². The molecule has 8 heteroatoms. The van der Waals surface area contributed by atoms with Gasteiger partial charge in [0.25, 0.3) is 5.56 Å². The zero-order valence-corrected chi connectivity index (χ0v) is 16.4. The molecular weight excluding hydrogens is 364 g/mol. The lowest BCUT2D eigenvalue weighted by Crippen LogP contribution is -2.31. The Morgan fingerprint density at radius 1 is 1.37 bits per heavy atom. The number of hydrogen-bond donors (Lipinski definition) is 2. The Bertz CT molecular complexity index is 924. The molecule has 7 nitrogen and oxygen atoms in total. The molecule has 2 N–H and O–H groups in total. The Morgan fingerprint density at radius 2 is 2.19 bits per heavy atom. The van der Waals surface area contributed by atoms with Crippen LogP contribution < -0.4 is 10.9 Å². The van der Waals surface area contributed by atoms with E-state index in [0.717, 1.165) is 17.7 Å². The molecule has 0 aromatic carbocycles. The third-order valence-corrected chi connectivity index (χ3v) is 5.26. The standard InChI is InChI=1S/C19H22N4O3S/c1-4-9-27-19-22-16-15(17(24)23-19)14(12-7-6-8-20-10-12)13(11(3)21-16)18(25)26-5-2/h6-8,10,14H,4-5,9H2,1-3H3,(H2,21,22,23,24)/t14-/m1/s1. The maximum absolute atomic E-state index is 12.9. The van der Waals surface area contributed by atoms with E-state index < -0.39 is 11.9 Å². The number of rotatable bonds is 6. The van der Waals surface area contributed by atoms with Gasteiger partial charge in [-0.05, 0) is 31.9 Å². The van der Waals surface area contributed by atoms with Crippen LogP contribution in [-0.2, 0) is 9.53 Å². The number of aromatic amines is 1. The van der Waals surface area contributed by atoms with Gasteiger partial charge in [0.1, 0.15) is 5.82 Å². The van der Waals surface area contributed by atoms with Crippen LogP contribution in [0.2, 0.25) is 0 Å². The van der Waals surface area contributed by atoms with E-state index in [-0.39, 0.29) is 12.2 Å². The van der Waals surface area contributed by atoms with Crippen molar-refractivity contribution in [2.75, 3.05) is 17.7 Å². The summed E-state index contributed by atoms with van der Waals surface area (Å²) < 4.78 is 5.24. The normalized spacial score (nSPS) is 15.9. The Kier molecular flexibility index (Phi) is 5.95. The summed E-state index contributed by atoms with van der Waals surface area (Å²) in [4.78, 5) is 37.1. The van der Waals surface area contributed by atoms with Gasteiger partial charge in [0, 0.05) is 23.8 Å². The second-order valence-corrected chi connectivity index (χ2v) is 7.17. The van der Waals surface area contributed by atoms with E-state index in [1.54, 1.807) is 32.3 Å². The average molecular weight is 386 g/mol. The summed E-state index contributed by atoms with van der Waals surface area (Å²) >= 11 is 1.49. The number of ether oxygens (including phenoxy) is 1. The van der Waals surface area contributed by atoms with Gasteiger partial charge in [-0.15, -0.1) is 0 Å². The topological polar surface area (TPSA) is 97.0 Å². The number of esters is 1. The van der Waals surface area contributed by atoms with Gasteiger partial charge in [-0.2, -0.15) is 0 Å². The molecule has 27 heavy (non-hydrogen) atoms. The van der Waals surface area contributed by atoms with Gasteiger partial charge in [0.05, 0.1) is 23.7 Å². The maximum Gasteiger partial charge on any atom is 0.336 e. The van der Waals surface area contributed by atoms with Crippen LogP contribution >= 0.6 is 11.8 Å². The number of allylic oxidation sites excluding steroid dienone is 1. The van der Waals surface area contributed by atoms with Crippen LogP contribution in [0.5, 0.6) is 0 Å². The first kappa shape index (κ1) is 19.2. The fraction of sp³-hybridized carbons (Fsp3) is 0.368. The summed E-state index contributed by atoms with van der Waals surface area (Å²) in [5.41, 5.74) is 1.90. The molecule has 0 fully saturated rings. The zero-order valence-electron chi connectivity index (χ0n) is 15.5. The number of H-pyrrole nitrogens is 1. The molecule has 3 heterocycles. The number of carbonyl (C=O) groups excluding carboxylic acids is 1. The SMILES string of the molecule is CCCSc1nc2c(c(=O)[nH]1)[C@H](c1cccnc1)C(C(=O)OCC)=C(C)N2. The van der Waals surface area contributed by atoms with Crippen molar-refractivity contribution in [3.05, 3.63) is 57.3 Å². The first-order chi connectivity index (χ1) is 13.1. The number of thioether (sulfide) groups is 1. The minimum absolute atomic E-state index is 0.253. The van der Waals surface area contributed by atoms with Crippen molar-refractivity contribution in [2.24, 2.45) is 0 Å². The zero-order chi connectivity index (χ0) is 19.4. The highest BCUT2D eigenvalue weighted by atomic mass is 32.2. The van der Waals surface area contributed by atoms with Gasteiger partial charge in [-0.3, -0.25) is 9.78 Å². The van der Waals surface area contributed by atoms with Crippen LogP contribution in [0.1, 0.15) is 44.2 Å². The highest BCUT2D eigenvalue weighted by Crippen LogP contribution is 2.39. The van der Waals surface area contributed by atoms with Crippen LogP contribution in [0.4, 0.5) is 5.82 Å². The van der Waals surface area contributed by atoms with Crippen LogP contribution in [0.3, 0.4) is 0 Å². The van der Waals surface area contributed by atoms with Crippen molar-refractivity contribution in [3.8, 4) is 0 Å². The number of carbonyl (C=O) groups is 1. The van der Waals surface area contributed by atoms with E-state index in [9.17, 15) is 9.59 Å². The van der Waals surface area contributed by atoms with Gasteiger partial charge in [0.15, 0.2) is 5.16 Å². The summed E-state index contributed by atoms with van der Waals surface area (Å²) in [5, 5.41) is 3.68. The molecule has 2 aromatic heterocycles. The average Bonchev–Trinajstić information content (AvgIpc) is 2.66. The summed E-state index contributed by atoms with van der Waals surface area (Å²) in [6.07, 6.45) is 4.29. The molecule has 0 spiro atoms. The Hall–Kier alpha value is -2.61. The van der Waals surface area contributed by atoms with Crippen molar-refractivity contribution in [2.45, 2.75) is 38.3 Å². The van der Waals surface area contributed by atoms with Crippen molar-refractivity contribution in [1.82, 2.24) is 15.0 Å². The Morgan fingerprint density at radius 3 is 2.85 bits per heavy atom. The lowest BCUT2D eigenvalue weighted by Gasteiger charge is -2.28. The summed E-state index contributed by atoms with van der Waals surface area (Å²) in [6, 6.07) is 3.63. The predicted octanol–water partition coefficient (Wildman–Crippen LogP) is 3.06. The number of aromatic nitrogens is 3. The lowest BCUT2D eigenvalue weighted by molar-refractivity contribution is -0.138. The first-order valence-corrected chi connectivity index (χ1v) is 9.87. The number of pyridine rings is 1. The fourth-order valence-corrected chi connectivity index (χ4v) is 3.78. The smallest absolute Gasteiger partial charge is 0.336 e. The summed E-state index contributed by atoms with van der Waals surface area (Å²) in [6.45, 7) is 5.87. The van der Waals surface area contributed by atoms with Crippen molar-refractivity contribution >= 4 is 23.5 Å². The van der Waals surface area contributed by atoms with Gasteiger partial charge >= 0.3 is 5.97 Å². The molecular formula is C19H22N4O3S. The van der Waals surface area contributed by atoms with E-state index in [1.807, 2.05) is 6.07 Å². The summed E-state index contributed by atoms with van der Waals surface area (Å²) in [5.74, 6) is 0.287. The highest BCUT2D eigenvalue weighted by Gasteiger charge is 2.36. The Balaban J connectivity index is 2.17. The number of nitrogens with one attached hydrogen (secondary N) is 2. The van der Waals surface area contributed by atoms with E-state index in [1.165, 1.54) is 11.8 Å². The van der Waals surface area contributed by atoms with E-state index in [2.05, 4.69) is 27.2 Å². The number of anilines is 1. The third kappa shape index (κ3) is 3.90. The monoisotopic (exact) mass is 386 g/mol. The fourth-order valence-electron chi connectivity index (χ4n) is 3.06. The molecule has 0 unspecified atom stereocenters. The van der Waals surface area contributed by atoms with Gasteiger partial charge in [0.2, 0.25) is 0 Å². The molecule has 3 rings (SSSR count). The summed E-state index contributed by atoms with van der Waals surface area (Å²) in [7, 11) is 0. The Labute approximate surface area is 161 Å². The highest BCUT2D eigenvalue weighted by molar-refractivity contribution is 7.99. The van der Waals surface area contributed by atoms with E-state index >= 15 is 0 Å². The molecule has 1 aliphatic heterocycles. The molecule has 142 valence electrons. The number of nitrogens with zero attached hydrogens (tertiary/aromatic N) is 2. The van der Waals surface area contributed by atoms with E-state index in [4.69, 9.17) is 4.74 Å². The maximum atomic E-state index is 12.9. The third-order valence-electron chi connectivity index (χ3n) is 4.18. The second kappa shape index (κ2) is 8.39. The van der Waals surface area contributed by atoms with Crippen molar-refractivity contribution < 1.29 is 9.53 Å². The van der Waals surface area contributed by atoms with Crippen LogP contribution in [0.15, 0.2) is 45.7 Å². The van der Waals surface area contributed by atoms with Crippen LogP contribution in [-0.4, -0.2) is 33.3 Å². The predicted molar refractivity (Wildman–Crippen MR) is 105 cm³/mol. The second-order valence-electron chi connectivity index (χ2n) is 6.09. The lowest BCUT2D eigenvalue weighted by atomic mass is 9.83. The molecule has 1 atom stereocenters. The first-order valence-electron chi connectivity index (χ1n) is 8.88. The molecule has 0 bridgehead atoms. The van der Waals surface area contributed by atoms with Gasteiger partial charge in [-0.1, -0.05) is 24.8 Å². The van der Waals surface area contributed by atoms with Gasteiger partial charge in [-0.25, -0.2) is 9.78 Å². The molecule has 0 radical (unpaired) electrons. The quantitative estimate of drug-likeness (QED) is 0.447. The molecule has 2 aromatic rings.